The summed E-state index contributed by atoms with van der Waals surface area (Å²) in [5, 5.41) is 20.4. The van der Waals surface area contributed by atoms with E-state index in [0.717, 1.165) is 5.69 Å². The third-order valence-corrected chi connectivity index (χ3v) is 2.27. The average molecular weight is 182 g/mol. The normalized spacial score (nSPS) is 18.9. The van der Waals surface area contributed by atoms with Crippen LogP contribution in [0, 0.1) is 0 Å². The highest BCUT2D eigenvalue weighted by molar-refractivity contribution is 4.99. The Bertz CT molecular complexity index is 281. The van der Waals surface area contributed by atoms with Crippen molar-refractivity contribution >= 4 is 0 Å². The first kappa shape index (κ1) is 8.65. The Hall–Kier alpha value is -0.940. The van der Waals surface area contributed by atoms with Gasteiger partial charge in [-0.05, 0) is 12.8 Å². The Morgan fingerprint density at radius 2 is 2.54 bits per heavy atom. The van der Waals surface area contributed by atoms with E-state index in [0.29, 0.717) is 12.6 Å². The summed E-state index contributed by atoms with van der Waals surface area (Å²) in [4.78, 5) is 0. The van der Waals surface area contributed by atoms with Crippen molar-refractivity contribution in [2.24, 2.45) is 7.05 Å². The molecule has 1 atom stereocenters. The van der Waals surface area contributed by atoms with E-state index in [2.05, 4.69) is 15.6 Å². The van der Waals surface area contributed by atoms with E-state index in [1.54, 1.807) is 17.9 Å². The molecule has 72 valence electrons. The molecule has 1 aromatic rings. The number of aryl methyl sites for hydroxylation is 1. The number of hydrogen-bond acceptors (Lipinski definition) is 4. The summed E-state index contributed by atoms with van der Waals surface area (Å²) >= 11 is 0. The molecular weight excluding hydrogens is 168 g/mol. The molecular formula is C8H14N4O. The van der Waals surface area contributed by atoms with Crippen molar-refractivity contribution in [2.75, 3.05) is 6.54 Å². The molecule has 0 amide bonds. The summed E-state index contributed by atoms with van der Waals surface area (Å²) in [7, 11) is 1.78. The maximum atomic E-state index is 9.70. The predicted molar refractivity (Wildman–Crippen MR) is 47.0 cm³/mol. The third kappa shape index (κ3) is 2.05. The highest BCUT2D eigenvalue weighted by Gasteiger charge is 2.22. The zero-order valence-electron chi connectivity index (χ0n) is 7.64. The van der Waals surface area contributed by atoms with Crippen molar-refractivity contribution in [1.82, 2.24) is 20.3 Å². The predicted octanol–water partition coefficient (Wildman–Crippen LogP) is -0.400. The molecule has 1 fully saturated rings. The van der Waals surface area contributed by atoms with Gasteiger partial charge in [-0.2, -0.15) is 0 Å². The van der Waals surface area contributed by atoms with Crippen LogP contribution in [0.2, 0.25) is 0 Å². The van der Waals surface area contributed by atoms with Gasteiger partial charge in [-0.3, -0.25) is 0 Å². The quantitative estimate of drug-likeness (QED) is 0.665. The van der Waals surface area contributed by atoms with Gasteiger partial charge in [-0.25, -0.2) is 4.68 Å². The van der Waals surface area contributed by atoms with Crippen molar-refractivity contribution in [3.63, 3.8) is 0 Å². The molecule has 0 aromatic carbocycles. The number of nitrogens with zero attached hydrogens (tertiary/aromatic N) is 3. The Morgan fingerprint density at radius 1 is 1.77 bits per heavy atom. The molecule has 13 heavy (non-hydrogen) atoms. The SMILES string of the molecule is Cn1nncc1C(O)CNC1CC1. The van der Waals surface area contributed by atoms with Crippen molar-refractivity contribution in [3.8, 4) is 0 Å². The van der Waals surface area contributed by atoms with Gasteiger partial charge in [0.25, 0.3) is 0 Å². The van der Waals surface area contributed by atoms with Crippen molar-refractivity contribution in [3.05, 3.63) is 11.9 Å². The van der Waals surface area contributed by atoms with E-state index >= 15 is 0 Å². The van der Waals surface area contributed by atoms with Gasteiger partial charge in [0.05, 0.1) is 11.9 Å². The fourth-order valence-electron chi connectivity index (χ4n) is 1.27. The first-order valence-electron chi connectivity index (χ1n) is 4.53. The number of nitrogens with one attached hydrogen (secondary N) is 1. The molecule has 5 heteroatoms. The Balaban J connectivity index is 1.88. The number of hydrogen-bond donors (Lipinski definition) is 2. The zero-order valence-corrected chi connectivity index (χ0v) is 7.64. The fourth-order valence-corrected chi connectivity index (χ4v) is 1.27. The van der Waals surface area contributed by atoms with E-state index in [1.165, 1.54) is 12.8 Å². The molecule has 0 bridgehead atoms. The molecule has 5 nitrogen and oxygen atoms in total. The van der Waals surface area contributed by atoms with E-state index < -0.39 is 6.10 Å². The van der Waals surface area contributed by atoms with Gasteiger partial charge >= 0.3 is 0 Å². The molecule has 2 N–H and O–H groups in total. The molecule has 0 spiro atoms. The second kappa shape index (κ2) is 3.43. The van der Waals surface area contributed by atoms with Crippen molar-refractivity contribution in [1.29, 1.82) is 0 Å². The van der Waals surface area contributed by atoms with Gasteiger partial charge in [0, 0.05) is 19.6 Å². The molecule has 1 aromatic heterocycles. The van der Waals surface area contributed by atoms with Crippen LogP contribution in [-0.4, -0.2) is 32.7 Å². The Labute approximate surface area is 76.8 Å². The van der Waals surface area contributed by atoms with Crippen LogP contribution in [0.1, 0.15) is 24.6 Å². The molecule has 1 aliphatic carbocycles. The molecule has 1 unspecified atom stereocenters. The van der Waals surface area contributed by atoms with Crippen LogP contribution in [0.25, 0.3) is 0 Å². The maximum Gasteiger partial charge on any atom is 0.110 e. The van der Waals surface area contributed by atoms with Crippen LogP contribution in [0.3, 0.4) is 0 Å². The summed E-state index contributed by atoms with van der Waals surface area (Å²) < 4.78 is 1.60. The van der Waals surface area contributed by atoms with Crippen LogP contribution in [0.4, 0.5) is 0 Å². The second-order valence-electron chi connectivity index (χ2n) is 3.48. The molecule has 1 saturated carbocycles. The average Bonchev–Trinajstić information content (AvgIpc) is 2.84. The van der Waals surface area contributed by atoms with Crippen LogP contribution in [0.5, 0.6) is 0 Å². The lowest BCUT2D eigenvalue weighted by atomic mass is 10.2. The molecule has 0 radical (unpaired) electrons. The minimum atomic E-state index is -0.499. The van der Waals surface area contributed by atoms with Gasteiger partial charge in [0.1, 0.15) is 6.10 Å². The van der Waals surface area contributed by atoms with Gasteiger partial charge in [-0.15, -0.1) is 5.10 Å². The minimum absolute atomic E-state index is 0.499. The smallest absolute Gasteiger partial charge is 0.110 e. The molecule has 1 aliphatic rings. The summed E-state index contributed by atoms with van der Waals surface area (Å²) in [6.45, 7) is 0.589. The summed E-state index contributed by atoms with van der Waals surface area (Å²) in [5.74, 6) is 0. The monoisotopic (exact) mass is 182 g/mol. The lowest BCUT2D eigenvalue weighted by Crippen LogP contribution is -2.24. The maximum absolute atomic E-state index is 9.70. The van der Waals surface area contributed by atoms with Crippen LogP contribution in [-0.2, 0) is 7.05 Å². The first-order chi connectivity index (χ1) is 6.27. The highest BCUT2D eigenvalue weighted by Crippen LogP contribution is 2.19. The Morgan fingerprint density at radius 3 is 3.08 bits per heavy atom. The molecule has 1 heterocycles. The lowest BCUT2D eigenvalue weighted by Gasteiger charge is -2.10. The number of rotatable bonds is 4. The fraction of sp³-hybridized carbons (Fsp3) is 0.750. The van der Waals surface area contributed by atoms with E-state index in [9.17, 15) is 5.11 Å². The highest BCUT2D eigenvalue weighted by atomic mass is 16.3. The van der Waals surface area contributed by atoms with Gasteiger partial charge in [0.15, 0.2) is 0 Å². The Kier molecular flexibility index (Phi) is 2.28. The second-order valence-corrected chi connectivity index (χ2v) is 3.48. The summed E-state index contributed by atoms with van der Waals surface area (Å²) in [6, 6.07) is 0.621. The number of aliphatic hydroxyl groups excluding tert-OH is 1. The zero-order chi connectivity index (χ0) is 9.26. The largest absolute Gasteiger partial charge is 0.385 e. The molecule has 0 aliphatic heterocycles. The van der Waals surface area contributed by atoms with Gasteiger partial charge < -0.3 is 10.4 Å². The van der Waals surface area contributed by atoms with Gasteiger partial charge in [-0.1, -0.05) is 5.21 Å². The van der Waals surface area contributed by atoms with Crippen LogP contribution in [0.15, 0.2) is 6.20 Å². The minimum Gasteiger partial charge on any atom is -0.385 e. The lowest BCUT2D eigenvalue weighted by molar-refractivity contribution is 0.164. The van der Waals surface area contributed by atoms with Crippen molar-refractivity contribution < 1.29 is 5.11 Å². The standard InChI is InChI=1S/C8H14N4O/c1-12-7(4-10-11-12)8(13)5-9-6-2-3-6/h4,6,8-9,13H,2-3,5H2,1H3. The van der Waals surface area contributed by atoms with Gasteiger partial charge in [0.2, 0.25) is 0 Å². The van der Waals surface area contributed by atoms with E-state index in [1.807, 2.05) is 0 Å². The summed E-state index contributed by atoms with van der Waals surface area (Å²) in [6.07, 6.45) is 3.56. The van der Waals surface area contributed by atoms with E-state index in [4.69, 9.17) is 0 Å². The van der Waals surface area contributed by atoms with Crippen LogP contribution < -0.4 is 5.32 Å². The van der Waals surface area contributed by atoms with Crippen molar-refractivity contribution in [2.45, 2.75) is 25.0 Å². The van der Waals surface area contributed by atoms with Crippen LogP contribution >= 0.6 is 0 Å². The van der Waals surface area contributed by atoms with E-state index in [-0.39, 0.29) is 0 Å². The number of aliphatic hydroxyl groups is 1. The third-order valence-electron chi connectivity index (χ3n) is 2.27. The number of aromatic nitrogens is 3. The topological polar surface area (TPSA) is 63.0 Å². The molecule has 0 saturated heterocycles. The first-order valence-corrected chi connectivity index (χ1v) is 4.53. The molecule has 2 rings (SSSR count). The summed E-state index contributed by atoms with van der Waals surface area (Å²) in [5.41, 5.74) is 0.758.